The van der Waals surface area contributed by atoms with Crippen LogP contribution in [0.15, 0.2) is 67.1 Å². The van der Waals surface area contributed by atoms with Gasteiger partial charge in [-0.3, -0.25) is 4.79 Å². The Labute approximate surface area is 209 Å². The van der Waals surface area contributed by atoms with Crippen molar-refractivity contribution in [1.82, 2.24) is 15.0 Å². The van der Waals surface area contributed by atoms with Crippen LogP contribution < -0.4 is 10.1 Å². The highest BCUT2D eigenvalue weighted by atomic mass is 19.4. The van der Waals surface area contributed by atoms with Crippen LogP contribution in [-0.2, 0) is 9.59 Å². The van der Waals surface area contributed by atoms with Crippen molar-refractivity contribution in [2.75, 3.05) is 18.5 Å². The summed E-state index contributed by atoms with van der Waals surface area (Å²) in [6.45, 7) is 1.36. The first kappa shape index (κ1) is 27.1. The van der Waals surface area contributed by atoms with Gasteiger partial charge in [-0.15, -0.1) is 0 Å². The van der Waals surface area contributed by atoms with Crippen LogP contribution >= 0.6 is 0 Å². The third-order valence-electron chi connectivity index (χ3n) is 5.24. The number of carbonyl (C=O) groups is 2. The number of carboxylic acids is 2. The largest absolute Gasteiger partial charge is 0.493 e. The lowest BCUT2D eigenvalue weighted by molar-refractivity contribution is -0.192. The van der Waals surface area contributed by atoms with Crippen LogP contribution in [-0.4, -0.2) is 56.4 Å². The minimum atomic E-state index is -5.08. The molecular formula is C25H25F3N4O5. The first-order chi connectivity index (χ1) is 17.6. The Balaban J connectivity index is 0.000000479. The third kappa shape index (κ3) is 8.02. The van der Waals surface area contributed by atoms with E-state index in [9.17, 15) is 23.1 Å². The van der Waals surface area contributed by atoms with Crippen LogP contribution in [0.5, 0.6) is 5.75 Å². The van der Waals surface area contributed by atoms with E-state index in [4.69, 9.17) is 14.6 Å². The standard InChI is InChI=1S/C23H24N4O3.C2HF3O2/c28-23(29)14-18(20-5-3-10-24-20)19-15-27-21-13-16(7-8-17(19)21)30-12-4-11-26-22-6-1-2-9-25-22;3-2(4,5)1(6)7/h1-3,5-10,13,15,18,24,27H,4,11-12,14H2,(H,25,26)(H,28,29);(H,6,7). The zero-order valence-electron chi connectivity index (χ0n) is 19.5. The predicted molar refractivity (Wildman–Crippen MR) is 130 cm³/mol. The van der Waals surface area contributed by atoms with Crippen LogP contribution in [0.25, 0.3) is 10.9 Å². The van der Waals surface area contributed by atoms with Crippen LogP contribution in [0.4, 0.5) is 19.0 Å². The summed E-state index contributed by atoms with van der Waals surface area (Å²) in [6, 6.07) is 15.4. The molecule has 9 nitrogen and oxygen atoms in total. The number of aliphatic carboxylic acids is 2. The van der Waals surface area contributed by atoms with Crippen molar-refractivity contribution in [3.05, 3.63) is 78.4 Å². The normalized spacial score (nSPS) is 11.9. The van der Waals surface area contributed by atoms with Gasteiger partial charge < -0.3 is 30.2 Å². The number of aromatic amines is 2. The lowest BCUT2D eigenvalue weighted by Gasteiger charge is -2.13. The Morgan fingerprint density at radius 2 is 1.86 bits per heavy atom. The van der Waals surface area contributed by atoms with Gasteiger partial charge in [-0.25, -0.2) is 9.78 Å². The van der Waals surface area contributed by atoms with Crippen molar-refractivity contribution in [3.8, 4) is 5.75 Å². The maximum atomic E-state index is 11.4. The molecule has 196 valence electrons. The molecule has 1 unspecified atom stereocenters. The van der Waals surface area contributed by atoms with E-state index in [-0.39, 0.29) is 12.3 Å². The van der Waals surface area contributed by atoms with E-state index < -0.39 is 18.1 Å². The Hall–Kier alpha value is -4.48. The Bertz CT molecular complexity index is 1290. The fraction of sp³-hybridized carbons (Fsp3) is 0.240. The fourth-order valence-electron chi connectivity index (χ4n) is 3.57. The molecule has 12 heteroatoms. The second-order valence-corrected chi connectivity index (χ2v) is 7.87. The number of halogens is 3. The minimum absolute atomic E-state index is 0.0228. The molecule has 0 aliphatic heterocycles. The number of pyridine rings is 1. The van der Waals surface area contributed by atoms with E-state index in [0.29, 0.717) is 6.61 Å². The summed E-state index contributed by atoms with van der Waals surface area (Å²) in [4.78, 5) is 30.9. The molecule has 5 N–H and O–H groups in total. The maximum Gasteiger partial charge on any atom is 0.490 e. The predicted octanol–water partition coefficient (Wildman–Crippen LogP) is 5.01. The highest BCUT2D eigenvalue weighted by Crippen LogP contribution is 2.34. The van der Waals surface area contributed by atoms with Crippen molar-refractivity contribution >= 4 is 28.7 Å². The lowest BCUT2D eigenvalue weighted by atomic mass is 9.92. The van der Waals surface area contributed by atoms with Crippen LogP contribution in [0.3, 0.4) is 0 Å². The van der Waals surface area contributed by atoms with Gasteiger partial charge in [0.05, 0.1) is 13.0 Å². The van der Waals surface area contributed by atoms with Crippen molar-refractivity contribution in [1.29, 1.82) is 0 Å². The SMILES string of the molecule is O=C(O)C(F)(F)F.O=C(O)CC(c1ccc[nH]1)c1c[nH]c2cc(OCCCNc3ccccn3)ccc12. The number of hydrogen-bond donors (Lipinski definition) is 5. The molecule has 0 spiro atoms. The monoisotopic (exact) mass is 518 g/mol. The molecule has 1 aromatic carbocycles. The van der Waals surface area contributed by atoms with Gasteiger partial charge in [0.1, 0.15) is 11.6 Å². The number of benzene rings is 1. The molecule has 4 aromatic rings. The van der Waals surface area contributed by atoms with E-state index >= 15 is 0 Å². The summed E-state index contributed by atoms with van der Waals surface area (Å²) >= 11 is 0. The number of fused-ring (bicyclic) bond motifs is 1. The fourth-order valence-corrected chi connectivity index (χ4v) is 3.57. The first-order valence-corrected chi connectivity index (χ1v) is 11.2. The average Bonchev–Trinajstić information content (AvgIpc) is 3.53. The van der Waals surface area contributed by atoms with E-state index in [2.05, 4.69) is 20.3 Å². The maximum absolute atomic E-state index is 11.4. The zero-order valence-corrected chi connectivity index (χ0v) is 19.5. The number of aromatic nitrogens is 3. The van der Waals surface area contributed by atoms with Gasteiger partial charge in [-0.05, 0) is 48.4 Å². The molecule has 0 aliphatic carbocycles. The molecule has 0 saturated heterocycles. The molecule has 0 saturated carbocycles. The summed E-state index contributed by atoms with van der Waals surface area (Å²) in [5.41, 5.74) is 2.77. The smallest absolute Gasteiger partial charge is 0.490 e. The van der Waals surface area contributed by atoms with Gasteiger partial charge in [0, 0.05) is 53.7 Å². The second kappa shape index (κ2) is 12.5. The molecule has 3 aromatic heterocycles. The highest BCUT2D eigenvalue weighted by molar-refractivity contribution is 5.86. The van der Waals surface area contributed by atoms with Crippen molar-refractivity contribution in [2.45, 2.75) is 24.9 Å². The number of anilines is 1. The van der Waals surface area contributed by atoms with E-state index in [0.717, 1.165) is 46.7 Å². The van der Waals surface area contributed by atoms with Gasteiger partial charge in [-0.2, -0.15) is 13.2 Å². The topological polar surface area (TPSA) is 140 Å². The van der Waals surface area contributed by atoms with Gasteiger partial charge >= 0.3 is 18.1 Å². The number of alkyl halides is 3. The Morgan fingerprint density at radius 1 is 1.08 bits per heavy atom. The third-order valence-corrected chi connectivity index (χ3v) is 5.24. The molecule has 0 fully saturated rings. The lowest BCUT2D eigenvalue weighted by Crippen LogP contribution is -2.21. The van der Waals surface area contributed by atoms with Gasteiger partial charge in [0.2, 0.25) is 0 Å². The van der Waals surface area contributed by atoms with Gasteiger partial charge in [0.15, 0.2) is 0 Å². The van der Waals surface area contributed by atoms with Gasteiger partial charge in [-0.1, -0.05) is 6.07 Å². The minimum Gasteiger partial charge on any atom is -0.493 e. The van der Waals surface area contributed by atoms with E-state index in [1.165, 1.54) is 0 Å². The van der Waals surface area contributed by atoms with E-state index in [1.807, 2.05) is 60.9 Å². The highest BCUT2D eigenvalue weighted by Gasteiger charge is 2.38. The van der Waals surface area contributed by atoms with Crippen molar-refractivity contribution in [3.63, 3.8) is 0 Å². The number of H-pyrrole nitrogens is 2. The number of rotatable bonds is 10. The summed E-state index contributed by atoms with van der Waals surface area (Å²) in [7, 11) is 0. The second-order valence-electron chi connectivity index (χ2n) is 7.87. The molecule has 0 aliphatic rings. The number of carboxylic acid groups (broad SMARTS) is 2. The molecular weight excluding hydrogens is 493 g/mol. The molecule has 0 amide bonds. The molecule has 1 atom stereocenters. The number of nitrogens with one attached hydrogen (secondary N) is 3. The quantitative estimate of drug-likeness (QED) is 0.186. The molecule has 3 heterocycles. The first-order valence-electron chi connectivity index (χ1n) is 11.2. The molecule has 0 bridgehead atoms. The van der Waals surface area contributed by atoms with Crippen molar-refractivity contribution in [2.24, 2.45) is 0 Å². The summed E-state index contributed by atoms with van der Waals surface area (Å²) in [5, 5.41) is 20.7. The Kier molecular flexibility index (Phi) is 9.14. The summed E-state index contributed by atoms with van der Waals surface area (Å²) < 4.78 is 37.6. The number of hydrogen-bond acceptors (Lipinski definition) is 5. The van der Waals surface area contributed by atoms with Crippen LogP contribution in [0, 0.1) is 0 Å². The average molecular weight is 518 g/mol. The zero-order chi connectivity index (χ0) is 26.8. The van der Waals surface area contributed by atoms with E-state index in [1.54, 1.807) is 6.20 Å². The van der Waals surface area contributed by atoms with Crippen molar-refractivity contribution < 1.29 is 37.7 Å². The van der Waals surface area contributed by atoms with Crippen LogP contribution in [0.1, 0.15) is 30.0 Å². The molecule has 4 rings (SSSR count). The van der Waals surface area contributed by atoms with Crippen LogP contribution in [0.2, 0.25) is 0 Å². The number of nitrogens with zero attached hydrogens (tertiary/aromatic N) is 1. The molecule has 37 heavy (non-hydrogen) atoms. The molecule has 0 radical (unpaired) electrons. The number of ether oxygens (including phenoxy) is 1. The summed E-state index contributed by atoms with van der Waals surface area (Å²) in [5.74, 6) is -2.19. The van der Waals surface area contributed by atoms with Gasteiger partial charge in [0.25, 0.3) is 0 Å². The Morgan fingerprint density at radius 3 is 2.49 bits per heavy atom. The summed E-state index contributed by atoms with van der Waals surface area (Å²) in [6.07, 6.45) is 1.25.